The Bertz CT molecular complexity index is 228. The van der Waals surface area contributed by atoms with E-state index in [9.17, 15) is 0 Å². The van der Waals surface area contributed by atoms with Crippen LogP contribution in [0, 0.1) is 0 Å². The topological polar surface area (TPSA) is 20.2 Å². The molecule has 1 N–H and O–H groups in total. The van der Waals surface area contributed by atoms with Crippen LogP contribution in [-0.2, 0) is 0 Å². The van der Waals surface area contributed by atoms with E-state index in [1.54, 1.807) is 0 Å². The summed E-state index contributed by atoms with van der Waals surface area (Å²) in [5.74, 6) is 0. The van der Waals surface area contributed by atoms with E-state index >= 15 is 0 Å². The van der Waals surface area contributed by atoms with Crippen LogP contribution in [0.3, 0.4) is 0 Å². The number of unbranched alkanes of at least 4 members (excludes halogenated alkanes) is 15. The first kappa shape index (κ1) is 26.6. The van der Waals surface area contributed by atoms with E-state index in [4.69, 9.17) is 5.11 Å². The van der Waals surface area contributed by atoms with Crippen molar-refractivity contribution in [3.8, 4) is 0 Å². The molecule has 0 aliphatic heterocycles. The molecule has 0 atom stereocenters. The van der Waals surface area contributed by atoms with E-state index in [1.165, 1.54) is 103 Å². The number of hydrogen-bond acceptors (Lipinski definition) is 1. The van der Waals surface area contributed by atoms with Gasteiger partial charge in [0.1, 0.15) is 0 Å². The first-order valence-corrected chi connectivity index (χ1v) is 10.5. The smallest absolute Gasteiger partial charge is 0.0780 e. The third-order valence-electron chi connectivity index (χ3n) is 4.74. The van der Waals surface area contributed by atoms with Gasteiger partial charge in [0, 0.05) is 6.61 Å². The molecule has 0 aromatic carbocycles. The average molecular weight is 410 g/mol. The summed E-state index contributed by atoms with van der Waals surface area (Å²) in [6, 6.07) is 0. The molecule has 0 saturated carbocycles. The molecular weight excluding hydrogens is 362 g/mol. The van der Waals surface area contributed by atoms with Gasteiger partial charge < -0.3 is 9.59 Å². The van der Waals surface area contributed by atoms with Crippen molar-refractivity contribution < 1.29 is 9.59 Å². The summed E-state index contributed by atoms with van der Waals surface area (Å²) in [7, 11) is 6.87. The van der Waals surface area contributed by atoms with Crippen LogP contribution in [0.4, 0.5) is 0 Å². The minimum absolute atomic E-state index is 0. The summed E-state index contributed by atoms with van der Waals surface area (Å²) in [6.07, 6.45) is 22.1. The highest BCUT2D eigenvalue weighted by molar-refractivity contribution is 8.93. The zero-order valence-corrected chi connectivity index (χ0v) is 18.7. The van der Waals surface area contributed by atoms with E-state index in [0.29, 0.717) is 6.61 Å². The largest absolute Gasteiger partial charge is 0.396 e. The van der Waals surface area contributed by atoms with Gasteiger partial charge in [-0.1, -0.05) is 83.5 Å². The van der Waals surface area contributed by atoms with Crippen molar-refractivity contribution in [2.45, 2.75) is 103 Å². The summed E-state index contributed by atoms with van der Waals surface area (Å²) >= 11 is 0. The molecule has 0 aliphatic rings. The van der Waals surface area contributed by atoms with Crippen LogP contribution in [0.15, 0.2) is 0 Å². The second kappa shape index (κ2) is 19.7. The molecule has 0 aromatic heterocycles. The van der Waals surface area contributed by atoms with Crippen LogP contribution in [0.1, 0.15) is 103 Å². The third kappa shape index (κ3) is 24.6. The Labute approximate surface area is 163 Å². The van der Waals surface area contributed by atoms with E-state index in [1.807, 2.05) is 0 Å². The quantitative estimate of drug-likeness (QED) is 0.202. The van der Waals surface area contributed by atoms with Gasteiger partial charge in [0.05, 0.1) is 27.7 Å². The molecule has 0 radical (unpaired) electrons. The van der Waals surface area contributed by atoms with Gasteiger partial charge in [-0.05, 0) is 19.3 Å². The Morgan fingerprint density at radius 2 is 0.708 bits per heavy atom. The standard InChI is InChI=1S/C21H46NO.BrH/c1-22(2,3)20-18-16-14-12-10-8-6-4-5-7-9-11-13-15-17-19-21-23;/h23H,4-21H2,1-3H3;1H/q+1;. The second-order valence-corrected chi connectivity index (χ2v) is 8.39. The molecule has 3 heteroatoms. The lowest BCUT2D eigenvalue weighted by molar-refractivity contribution is -0.870. The molecule has 0 bridgehead atoms. The SMILES string of the molecule is Br.C[N+](C)(C)CCCCCCCCCCCCCCCCCCO. The predicted molar refractivity (Wildman–Crippen MR) is 114 cm³/mol. The van der Waals surface area contributed by atoms with Gasteiger partial charge >= 0.3 is 0 Å². The number of aliphatic hydroxyl groups is 1. The van der Waals surface area contributed by atoms with Gasteiger partial charge in [0.25, 0.3) is 0 Å². The third-order valence-corrected chi connectivity index (χ3v) is 4.74. The Morgan fingerprint density at radius 1 is 0.458 bits per heavy atom. The van der Waals surface area contributed by atoms with Crippen LogP contribution in [0.2, 0.25) is 0 Å². The van der Waals surface area contributed by atoms with Crippen LogP contribution >= 0.6 is 17.0 Å². The molecule has 0 rings (SSSR count). The van der Waals surface area contributed by atoms with Crippen LogP contribution < -0.4 is 0 Å². The predicted octanol–water partition coefficient (Wildman–Crippen LogP) is 6.50. The number of nitrogens with zero attached hydrogens (tertiary/aromatic N) is 1. The van der Waals surface area contributed by atoms with Crippen LogP contribution in [0.5, 0.6) is 0 Å². The molecule has 0 heterocycles. The van der Waals surface area contributed by atoms with Gasteiger partial charge in [-0.15, -0.1) is 17.0 Å². The fourth-order valence-electron chi connectivity index (χ4n) is 3.17. The van der Waals surface area contributed by atoms with Crippen molar-refractivity contribution in [1.82, 2.24) is 0 Å². The highest BCUT2D eigenvalue weighted by Crippen LogP contribution is 2.13. The molecule has 0 fully saturated rings. The molecular formula is C21H47BrNO+. The summed E-state index contributed by atoms with van der Waals surface area (Å²) in [5.41, 5.74) is 0. The van der Waals surface area contributed by atoms with Crippen molar-refractivity contribution in [3.05, 3.63) is 0 Å². The molecule has 0 aliphatic carbocycles. The highest BCUT2D eigenvalue weighted by atomic mass is 79.9. The summed E-state index contributed by atoms with van der Waals surface area (Å²) in [4.78, 5) is 0. The van der Waals surface area contributed by atoms with E-state index < -0.39 is 0 Å². The molecule has 0 saturated heterocycles. The number of hydrogen-bond donors (Lipinski definition) is 1. The maximum atomic E-state index is 8.71. The van der Waals surface area contributed by atoms with Crippen molar-refractivity contribution in [3.63, 3.8) is 0 Å². The van der Waals surface area contributed by atoms with E-state index in [0.717, 1.165) is 10.9 Å². The molecule has 2 nitrogen and oxygen atoms in total. The lowest BCUT2D eigenvalue weighted by Crippen LogP contribution is -2.35. The zero-order chi connectivity index (χ0) is 17.2. The van der Waals surface area contributed by atoms with Crippen molar-refractivity contribution in [2.75, 3.05) is 34.3 Å². The lowest BCUT2D eigenvalue weighted by atomic mass is 10.0. The number of aliphatic hydroxyl groups excluding tert-OH is 1. The van der Waals surface area contributed by atoms with Gasteiger partial charge in [0.2, 0.25) is 0 Å². The van der Waals surface area contributed by atoms with Crippen molar-refractivity contribution in [1.29, 1.82) is 0 Å². The number of rotatable bonds is 18. The first-order valence-electron chi connectivity index (χ1n) is 10.5. The molecule has 0 spiro atoms. The van der Waals surface area contributed by atoms with Crippen molar-refractivity contribution >= 4 is 17.0 Å². The van der Waals surface area contributed by atoms with Crippen molar-refractivity contribution in [2.24, 2.45) is 0 Å². The number of halogens is 1. The van der Waals surface area contributed by atoms with Crippen LogP contribution in [-0.4, -0.2) is 43.9 Å². The lowest BCUT2D eigenvalue weighted by Gasteiger charge is -2.23. The Balaban J connectivity index is 0. The summed E-state index contributed by atoms with van der Waals surface area (Å²) in [5, 5.41) is 8.71. The fraction of sp³-hybridized carbons (Fsp3) is 1.00. The average Bonchev–Trinajstić information content (AvgIpc) is 2.49. The molecule has 0 unspecified atom stereocenters. The van der Waals surface area contributed by atoms with E-state index in [2.05, 4.69) is 21.1 Å². The monoisotopic (exact) mass is 408 g/mol. The second-order valence-electron chi connectivity index (χ2n) is 8.39. The van der Waals surface area contributed by atoms with Gasteiger partial charge in [0.15, 0.2) is 0 Å². The highest BCUT2D eigenvalue weighted by Gasteiger charge is 2.04. The normalized spacial score (nSPS) is 11.5. The van der Waals surface area contributed by atoms with Crippen LogP contribution in [0.25, 0.3) is 0 Å². The molecule has 0 aromatic rings. The summed E-state index contributed by atoms with van der Waals surface area (Å²) in [6.45, 7) is 1.69. The van der Waals surface area contributed by atoms with E-state index in [-0.39, 0.29) is 17.0 Å². The zero-order valence-electron chi connectivity index (χ0n) is 17.0. The summed E-state index contributed by atoms with van der Waals surface area (Å²) < 4.78 is 1.11. The minimum atomic E-state index is 0. The minimum Gasteiger partial charge on any atom is -0.396 e. The Kier molecular flexibility index (Phi) is 21.9. The number of quaternary nitrogens is 1. The maximum absolute atomic E-state index is 8.71. The molecule has 0 amide bonds. The van der Waals surface area contributed by atoms with Gasteiger partial charge in [-0.3, -0.25) is 0 Å². The van der Waals surface area contributed by atoms with Gasteiger partial charge in [-0.2, -0.15) is 0 Å². The Morgan fingerprint density at radius 3 is 0.958 bits per heavy atom. The molecule has 24 heavy (non-hydrogen) atoms. The Hall–Kier alpha value is 0.400. The fourth-order valence-corrected chi connectivity index (χ4v) is 3.17. The maximum Gasteiger partial charge on any atom is 0.0780 e. The first-order chi connectivity index (χ1) is 11.1. The van der Waals surface area contributed by atoms with Gasteiger partial charge in [-0.25, -0.2) is 0 Å². The molecule has 148 valence electrons.